The number of nitrogens with zero attached hydrogens (tertiary/aromatic N) is 2. The van der Waals surface area contributed by atoms with Gasteiger partial charge in [-0.05, 0) is 29.8 Å². The van der Waals surface area contributed by atoms with Crippen LogP contribution >= 0.6 is 11.6 Å². The van der Waals surface area contributed by atoms with Crippen molar-refractivity contribution < 1.29 is 9.50 Å². The average Bonchev–Trinajstić information content (AvgIpc) is 2.87. The molecule has 1 heterocycles. The van der Waals surface area contributed by atoms with Crippen LogP contribution in [0.1, 0.15) is 5.56 Å². The van der Waals surface area contributed by atoms with Crippen LogP contribution in [-0.4, -0.2) is 14.7 Å². The Morgan fingerprint density at radius 2 is 2.00 bits per heavy atom. The minimum absolute atomic E-state index is 0.193. The zero-order chi connectivity index (χ0) is 14.8. The van der Waals surface area contributed by atoms with E-state index in [0.717, 1.165) is 5.56 Å². The largest absolute Gasteiger partial charge is 0.508 e. The number of imidazole rings is 1. The van der Waals surface area contributed by atoms with Gasteiger partial charge < -0.3 is 9.67 Å². The Morgan fingerprint density at radius 3 is 2.76 bits per heavy atom. The molecule has 1 aromatic heterocycles. The lowest BCUT2D eigenvalue weighted by Gasteiger charge is -2.10. The molecule has 0 aliphatic carbocycles. The van der Waals surface area contributed by atoms with Crippen molar-refractivity contribution in [3.05, 3.63) is 71.3 Å². The third-order valence-corrected chi connectivity index (χ3v) is 3.48. The number of aromatic hydroxyl groups is 1. The van der Waals surface area contributed by atoms with Gasteiger partial charge in [-0.3, -0.25) is 0 Å². The number of aromatic nitrogens is 2. The van der Waals surface area contributed by atoms with Crippen molar-refractivity contribution in [3.63, 3.8) is 0 Å². The molecule has 3 aromatic rings. The molecular formula is C16H12ClFN2O. The first-order valence-electron chi connectivity index (χ1n) is 6.38. The minimum Gasteiger partial charge on any atom is -0.508 e. The smallest absolute Gasteiger partial charge is 0.144 e. The van der Waals surface area contributed by atoms with Gasteiger partial charge in [0.1, 0.15) is 17.4 Å². The van der Waals surface area contributed by atoms with Crippen LogP contribution in [0.3, 0.4) is 0 Å². The highest BCUT2D eigenvalue weighted by Gasteiger charge is 2.15. The van der Waals surface area contributed by atoms with Crippen LogP contribution < -0.4 is 0 Å². The highest BCUT2D eigenvalue weighted by atomic mass is 35.5. The zero-order valence-electron chi connectivity index (χ0n) is 11.0. The molecule has 2 aromatic carbocycles. The van der Waals surface area contributed by atoms with E-state index in [1.165, 1.54) is 6.07 Å². The fourth-order valence-corrected chi connectivity index (χ4v) is 2.48. The van der Waals surface area contributed by atoms with Crippen LogP contribution in [0, 0.1) is 5.82 Å². The number of phenolic OH excluding ortho intramolecular Hbond substituents is 1. The summed E-state index contributed by atoms with van der Waals surface area (Å²) in [7, 11) is 0. The van der Waals surface area contributed by atoms with Gasteiger partial charge in [0.05, 0.1) is 10.6 Å². The second-order valence-corrected chi connectivity index (χ2v) is 5.05. The average molecular weight is 303 g/mol. The molecule has 3 nitrogen and oxygen atoms in total. The van der Waals surface area contributed by atoms with Gasteiger partial charge in [-0.2, -0.15) is 0 Å². The monoisotopic (exact) mass is 302 g/mol. The SMILES string of the molecule is Oc1cccc(Cn2ccnc2-c2c(F)cccc2Cl)c1. The Balaban J connectivity index is 2.02. The summed E-state index contributed by atoms with van der Waals surface area (Å²) in [5.74, 6) is 0.241. The Hall–Kier alpha value is -2.33. The molecule has 3 rings (SSSR count). The van der Waals surface area contributed by atoms with E-state index in [0.29, 0.717) is 17.4 Å². The van der Waals surface area contributed by atoms with Crippen molar-refractivity contribution in [1.29, 1.82) is 0 Å². The fraction of sp³-hybridized carbons (Fsp3) is 0.0625. The van der Waals surface area contributed by atoms with Gasteiger partial charge in [0, 0.05) is 18.9 Å². The normalized spacial score (nSPS) is 10.8. The first-order valence-corrected chi connectivity index (χ1v) is 6.76. The van der Waals surface area contributed by atoms with E-state index in [2.05, 4.69) is 4.98 Å². The molecule has 106 valence electrons. The lowest BCUT2D eigenvalue weighted by atomic mass is 10.1. The number of hydrogen-bond acceptors (Lipinski definition) is 2. The van der Waals surface area contributed by atoms with E-state index in [4.69, 9.17) is 11.6 Å². The van der Waals surface area contributed by atoms with Crippen molar-refractivity contribution in [3.8, 4) is 17.1 Å². The molecule has 0 saturated carbocycles. The highest BCUT2D eigenvalue weighted by Crippen LogP contribution is 2.29. The van der Waals surface area contributed by atoms with Crippen LogP contribution in [0.5, 0.6) is 5.75 Å². The standard InChI is InChI=1S/C16H12ClFN2O/c17-13-5-2-6-14(18)15(13)16-19-7-8-20(16)10-11-3-1-4-12(21)9-11/h1-9,21H,10H2. The highest BCUT2D eigenvalue weighted by molar-refractivity contribution is 6.33. The molecule has 5 heteroatoms. The molecule has 0 atom stereocenters. The van der Waals surface area contributed by atoms with Gasteiger partial charge in [0.25, 0.3) is 0 Å². The lowest BCUT2D eigenvalue weighted by Crippen LogP contribution is -2.02. The molecule has 21 heavy (non-hydrogen) atoms. The molecule has 0 saturated heterocycles. The van der Waals surface area contributed by atoms with Crippen LogP contribution in [0.4, 0.5) is 4.39 Å². The first kappa shape index (κ1) is 13.6. The van der Waals surface area contributed by atoms with Crippen molar-refractivity contribution >= 4 is 11.6 Å². The summed E-state index contributed by atoms with van der Waals surface area (Å²) in [6.07, 6.45) is 3.35. The van der Waals surface area contributed by atoms with Crippen LogP contribution in [-0.2, 0) is 6.54 Å². The van der Waals surface area contributed by atoms with Crippen molar-refractivity contribution in [2.24, 2.45) is 0 Å². The van der Waals surface area contributed by atoms with E-state index in [9.17, 15) is 9.50 Å². The number of phenols is 1. The summed E-state index contributed by atoms with van der Waals surface area (Å²) in [4.78, 5) is 4.20. The Labute approximate surface area is 126 Å². The maximum atomic E-state index is 14.0. The summed E-state index contributed by atoms with van der Waals surface area (Å²) in [5, 5.41) is 9.83. The van der Waals surface area contributed by atoms with Gasteiger partial charge in [0.2, 0.25) is 0 Å². The maximum absolute atomic E-state index is 14.0. The molecule has 0 spiro atoms. The van der Waals surface area contributed by atoms with Gasteiger partial charge in [-0.15, -0.1) is 0 Å². The van der Waals surface area contributed by atoms with Crippen molar-refractivity contribution in [1.82, 2.24) is 9.55 Å². The van der Waals surface area contributed by atoms with Gasteiger partial charge in [-0.1, -0.05) is 29.8 Å². The number of rotatable bonds is 3. The van der Waals surface area contributed by atoms with Crippen LogP contribution in [0.15, 0.2) is 54.9 Å². The van der Waals surface area contributed by atoms with E-state index >= 15 is 0 Å². The van der Waals surface area contributed by atoms with Gasteiger partial charge in [-0.25, -0.2) is 9.37 Å². The third-order valence-electron chi connectivity index (χ3n) is 3.17. The van der Waals surface area contributed by atoms with Crippen molar-refractivity contribution in [2.45, 2.75) is 6.54 Å². The van der Waals surface area contributed by atoms with Crippen molar-refractivity contribution in [2.75, 3.05) is 0 Å². The predicted molar refractivity (Wildman–Crippen MR) is 79.8 cm³/mol. The number of halogens is 2. The molecule has 0 aliphatic heterocycles. The molecule has 1 N–H and O–H groups in total. The summed E-state index contributed by atoms with van der Waals surface area (Å²) in [6.45, 7) is 0.467. The van der Waals surface area contributed by atoms with E-state index < -0.39 is 5.82 Å². The first-order chi connectivity index (χ1) is 10.1. The molecule has 0 bridgehead atoms. The summed E-state index contributed by atoms with van der Waals surface area (Å²) in [5.41, 5.74) is 1.17. The Morgan fingerprint density at radius 1 is 1.19 bits per heavy atom. The minimum atomic E-state index is -0.411. The van der Waals surface area contributed by atoms with Crippen LogP contribution in [0.25, 0.3) is 11.4 Å². The molecule has 0 unspecified atom stereocenters. The molecule has 0 amide bonds. The number of benzene rings is 2. The van der Waals surface area contributed by atoms with E-state index in [-0.39, 0.29) is 11.3 Å². The summed E-state index contributed by atoms with van der Waals surface area (Å²) < 4.78 is 15.8. The topological polar surface area (TPSA) is 38.0 Å². The molecule has 0 aliphatic rings. The number of hydrogen-bond donors (Lipinski definition) is 1. The van der Waals surface area contributed by atoms with Gasteiger partial charge >= 0.3 is 0 Å². The molecule has 0 radical (unpaired) electrons. The second kappa shape index (κ2) is 5.58. The third kappa shape index (κ3) is 2.76. The van der Waals surface area contributed by atoms with E-state index in [1.54, 1.807) is 47.3 Å². The molecular weight excluding hydrogens is 291 g/mol. The molecule has 0 fully saturated rings. The predicted octanol–water partition coefficient (Wildman–Crippen LogP) is 4.10. The second-order valence-electron chi connectivity index (χ2n) is 4.65. The van der Waals surface area contributed by atoms with E-state index in [1.807, 2.05) is 6.07 Å². The summed E-state index contributed by atoms with van der Waals surface area (Å²) in [6, 6.07) is 11.5. The van der Waals surface area contributed by atoms with Gasteiger partial charge in [0.15, 0.2) is 0 Å². The summed E-state index contributed by atoms with van der Waals surface area (Å²) >= 11 is 6.09. The zero-order valence-corrected chi connectivity index (χ0v) is 11.8. The fourth-order valence-electron chi connectivity index (χ4n) is 2.23. The van der Waals surface area contributed by atoms with Crippen LogP contribution in [0.2, 0.25) is 5.02 Å². The lowest BCUT2D eigenvalue weighted by molar-refractivity contribution is 0.474. The maximum Gasteiger partial charge on any atom is 0.144 e. The Kier molecular flexibility index (Phi) is 3.62. The Bertz CT molecular complexity index is 765. The quantitative estimate of drug-likeness (QED) is 0.791.